The van der Waals surface area contributed by atoms with E-state index in [1.165, 1.54) is 0 Å². The van der Waals surface area contributed by atoms with Gasteiger partial charge in [-0.3, -0.25) is 0 Å². The van der Waals surface area contributed by atoms with Gasteiger partial charge in [0.2, 0.25) is 0 Å². The minimum absolute atomic E-state index is 0.366. The van der Waals surface area contributed by atoms with E-state index in [4.69, 9.17) is 4.74 Å². The van der Waals surface area contributed by atoms with Gasteiger partial charge in [-0.05, 0) is 38.5 Å². The van der Waals surface area contributed by atoms with Crippen LogP contribution in [0.3, 0.4) is 0 Å². The average molecular weight is 256 g/mol. The Morgan fingerprint density at radius 2 is 1.84 bits per heavy atom. The fourth-order valence-corrected chi connectivity index (χ4v) is 1.45. The first-order valence-electron chi connectivity index (χ1n) is 6.24. The number of esters is 1. The van der Waals surface area contributed by atoms with Gasteiger partial charge in [-0.2, -0.15) is 0 Å². The van der Waals surface area contributed by atoms with E-state index in [1.807, 2.05) is 62.4 Å². The molecule has 0 radical (unpaired) electrons. The van der Waals surface area contributed by atoms with Crippen LogP contribution in [0.5, 0.6) is 0 Å². The summed E-state index contributed by atoms with van der Waals surface area (Å²) in [5, 5.41) is 0. The molecule has 0 amide bonds. The van der Waals surface area contributed by atoms with E-state index in [9.17, 15) is 4.79 Å². The largest absolute Gasteiger partial charge is 0.450 e. The number of hydrogen-bond donors (Lipinski definition) is 0. The van der Waals surface area contributed by atoms with Crippen molar-refractivity contribution in [3.05, 3.63) is 65.8 Å². The molecule has 1 rings (SSSR count). The number of allylic oxidation sites excluding steroid dienone is 1. The van der Waals surface area contributed by atoms with Gasteiger partial charge in [-0.15, -0.1) is 0 Å². The van der Waals surface area contributed by atoms with Crippen LogP contribution in [0.1, 0.15) is 26.3 Å². The van der Waals surface area contributed by atoms with Crippen molar-refractivity contribution in [2.45, 2.75) is 26.9 Å². The van der Waals surface area contributed by atoms with Crippen LogP contribution in [0.2, 0.25) is 0 Å². The normalized spacial score (nSPS) is 11.9. The van der Waals surface area contributed by atoms with E-state index < -0.39 is 0 Å². The molecular formula is C17H20O2. The summed E-state index contributed by atoms with van der Waals surface area (Å²) in [7, 11) is 0. The summed E-state index contributed by atoms with van der Waals surface area (Å²) in [5.41, 5.74) is 2.57. The summed E-state index contributed by atoms with van der Waals surface area (Å²) < 4.78 is 5.34. The molecular weight excluding hydrogens is 236 g/mol. The van der Waals surface area contributed by atoms with Crippen LogP contribution in [0.15, 0.2) is 60.2 Å². The highest BCUT2D eigenvalue weighted by molar-refractivity contribution is 5.87. The van der Waals surface area contributed by atoms with Crippen molar-refractivity contribution in [2.24, 2.45) is 0 Å². The smallest absolute Gasteiger partial charge is 0.334 e. The van der Waals surface area contributed by atoms with Gasteiger partial charge in [-0.25, -0.2) is 4.79 Å². The highest BCUT2D eigenvalue weighted by Gasteiger charge is 2.09. The van der Waals surface area contributed by atoms with Crippen molar-refractivity contribution in [3.8, 4) is 0 Å². The lowest BCUT2D eigenvalue weighted by atomic mass is 10.1. The second-order valence-electron chi connectivity index (χ2n) is 4.66. The Balaban J connectivity index is 2.81. The van der Waals surface area contributed by atoms with E-state index in [1.54, 1.807) is 6.92 Å². The van der Waals surface area contributed by atoms with Crippen molar-refractivity contribution in [1.82, 2.24) is 0 Å². The number of ether oxygens (including phenoxy) is 1. The lowest BCUT2D eigenvalue weighted by Gasteiger charge is -2.11. The molecule has 0 bridgehead atoms. The van der Waals surface area contributed by atoms with Crippen LogP contribution in [-0.4, -0.2) is 12.1 Å². The van der Waals surface area contributed by atoms with Crippen LogP contribution < -0.4 is 0 Å². The number of carbonyl (C=O) groups is 1. The third-order valence-electron chi connectivity index (χ3n) is 2.37. The molecule has 100 valence electrons. The molecule has 0 spiro atoms. The SMILES string of the molecule is C=C(C)C(=O)OC(C=C(C)C)/C=C/c1ccccc1. The highest BCUT2D eigenvalue weighted by atomic mass is 16.5. The fourth-order valence-electron chi connectivity index (χ4n) is 1.45. The van der Waals surface area contributed by atoms with E-state index in [0.717, 1.165) is 11.1 Å². The molecule has 1 aromatic carbocycles. The van der Waals surface area contributed by atoms with Crippen LogP contribution in [0.4, 0.5) is 0 Å². The van der Waals surface area contributed by atoms with Crippen LogP contribution in [0, 0.1) is 0 Å². The Kier molecular flexibility index (Phi) is 5.80. The van der Waals surface area contributed by atoms with Crippen molar-refractivity contribution in [2.75, 3.05) is 0 Å². The molecule has 1 aromatic rings. The van der Waals surface area contributed by atoms with E-state index >= 15 is 0 Å². The number of carbonyl (C=O) groups excluding carboxylic acids is 1. The molecule has 0 fully saturated rings. The van der Waals surface area contributed by atoms with Gasteiger partial charge in [0.15, 0.2) is 0 Å². The average Bonchev–Trinajstić information content (AvgIpc) is 2.36. The van der Waals surface area contributed by atoms with Crippen LogP contribution >= 0.6 is 0 Å². The zero-order chi connectivity index (χ0) is 14.3. The first kappa shape index (κ1) is 15.0. The summed E-state index contributed by atoms with van der Waals surface area (Å²) >= 11 is 0. The number of hydrogen-bond acceptors (Lipinski definition) is 2. The van der Waals surface area contributed by atoms with Crippen molar-refractivity contribution < 1.29 is 9.53 Å². The van der Waals surface area contributed by atoms with E-state index in [0.29, 0.717) is 5.57 Å². The Bertz CT molecular complexity index is 491. The van der Waals surface area contributed by atoms with Gasteiger partial charge in [0.25, 0.3) is 0 Å². The summed E-state index contributed by atoms with van der Waals surface area (Å²) in [5.74, 6) is -0.375. The van der Waals surface area contributed by atoms with Crippen LogP contribution in [0.25, 0.3) is 6.08 Å². The first-order valence-corrected chi connectivity index (χ1v) is 6.24. The molecule has 0 aliphatic carbocycles. The minimum atomic E-state index is -0.375. The zero-order valence-electron chi connectivity index (χ0n) is 11.7. The van der Waals surface area contributed by atoms with Gasteiger partial charge in [-0.1, -0.05) is 48.6 Å². The molecule has 0 heterocycles. The van der Waals surface area contributed by atoms with Crippen LogP contribution in [-0.2, 0) is 9.53 Å². The maximum absolute atomic E-state index is 11.6. The third kappa shape index (κ3) is 5.87. The Hall–Kier alpha value is -2.09. The number of benzene rings is 1. The summed E-state index contributed by atoms with van der Waals surface area (Å²) in [4.78, 5) is 11.6. The number of rotatable bonds is 5. The Morgan fingerprint density at radius 3 is 2.37 bits per heavy atom. The predicted molar refractivity (Wildman–Crippen MR) is 79.6 cm³/mol. The van der Waals surface area contributed by atoms with E-state index in [2.05, 4.69) is 6.58 Å². The molecule has 19 heavy (non-hydrogen) atoms. The minimum Gasteiger partial charge on any atom is -0.450 e. The molecule has 2 nitrogen and oxygen atoms in total. The third-order valence-corrected chi connectivity index (χ3v) is 2.37. The Morgan fingerprint density at radius 1 is 1.21 bits per heavy atom. The topological polar surface area (TPSA) is 26.3 Å². The molecule has 0 N–H and O–H groups in total. The molecule has 0 aromatic heterocycles. The van der Waals surface area contributed by atoms with Gasteiger partial charge in [0.05, 0.1) is 0 Å². The predicted octanol–water partition coefficient (Wildman–Crippen LogP) is 4.15. The maximum Gasteiger partial charge on any atom is 0.334 e. The molecule has 1 atom stereocenters. The fraction of sp³-hybridized carbons (Fsp3) is 0.235. The van der Waals surface area contributed by atoms with Crippen molar-refractivity contribution >= 4 is 12.0 Å². The second kappa shape index (κ2) is 7.37. The zero-order valence-corrected chi connectivity index (χ0v) is 11.7. The molecule has 0 aliphatic heterocycles. The van der Waals surface area contributed by atoms with Gasteiger partial charge in [0.1, 0.15) is 6.10 Å². The monoisotopic (exact) mass is 256 g/mol. The molecule has 1 unspecified atom stereocenters. The van der Waals surface area contributed by atoms with E-state index in [-0.39, 0.29) is 12.1 Å². The second-order valence-corrected chi connectivity index (χ2v) is 4.66. The summed E-state index contributed by atoms with van der Waals surface area (Å²) in [6.45, 7) is 9.17. The van der Waals surface area contributed by atoms with Crippen molar-refractivity contribution in [3.63, 3.8) is 0 Å². The molecule has 0 saturated heterocycles. The first-order chi connectivity index (χ1) is 8.99. The molecule has 0 aliphatic rings. The van der Waals surface area contributed by atoms with Gasteiger partial charge < -0.3 is 4.74 Å². The Labute approximate surface area is 115 Å². The van der Waals surface area contributed by atoms with Gasteiger partial charge in [0, 0.05) is 5.57 Å². The lowest BCUT2D eigenvalue weighted by molar-refractivity contribution is -0.140. The summed E-state index contributed by atoms with van der Waals surface area (Å²) in [6.07, 6.45) is 5.34. The standard InChI is InChI=1S/C17H20O2/c1-13(2)12-16(19-17(18)14(3)4)11-10-15-8-6-5-7-9-15/h5-12,16H,3H2,1-2,4H3/b11-10+. The van der Waals surface area contributed by atoms with Gasteiger partial charge >= 0.3 is 5.97 Å². The summed E-state index contributed by atoms with van der Waals surface area (Å²) in [6, 6.07) is 9.89. The van der Waals surface area contributed by atoms with Crippen molar-refractivity contribution in [1.29, 1.82) is 0 Å². The molecule has 2 heteroatoms. The maximum atomic E-state index is 11.6. The quantitative estimate of drug-likeness (QED) is 0.449. The molecule has 0 saturated carbocycles. The highest BCUT2D eigenvalue weighted by Crippen LogP contribution is 2.08. The lowest BCUT2D eigenvalue weighted by Crippen LogP contribution is -2.14.